The van der Waals surface area contributed by atoms with Crippen LogP contribution in [0.2, 0.25) is 0 Å². The summed E-state index contributed by atoms with van der Waals surface area (Å²) in [7, 11) is 2.09. The van der Waals surface area contributed by atoms with Crippen LogP contribution in [0.4, 0.5) is 0 Å². The number of aryl methyl sites for hydroxylation is 2. The minimum absolute atomic E-state index is 0.790. The van der Waals surface area contributed by atoms with Crippen LogP contribution in [-0.4, -0.2) is 18.5 Å². The highest BCUT2D eigenvalue weighted by molar-refractivity contribution is 5.20. The van der Waals surface area contributed by atoms with Crippen molar-refractivity contribution in [3.63, 3.8) is 0 Å². The molecule has 0 amide bonds. The molecule has 20 heavy (non-hydrogen) atoms. The summed E-state index contributed by atoms with van der Waals surface area (Å²) in [5.74, 6) is 3.96. The van der Waals surface area contributed by atoms with Crippen molar-refractivity contribution in [1.29, 1.82) is 0 Å². The van der Waals surface area contributed by atoms with Crippen molar-refractivity contribution in [3.05, 3.63) is 46.8 Å². The van der Waals surface area contributed by atoms with E-state index in [1.807, 2.05) is 26.0 Å². The fraction of sp³-hybridized carbons (Fsp3) is 0.500. The Morgan fingerprint density at radius 3 is 2.55 bits per heavy atom. The molecule has 0 saturated carbocycles. The van der Waals surface area contributed by atoms with Gasteiger partial charge in [-0.05, 0) is 45.6 Å². The van der Waals surface area contributed by atoms with Gasteiger partial charge in [0.2, 0.25) is 0 Å². The first-order valence-corrected chi connectivity index (χ1v) is 7.11. The van der Waals surface area contributed by atoms with Crippen molar-refractivity contribution in [3.8, 4) is 0 Å². The Morgan fingerprint density at radius 1 is 1.10 bits per heavy atom. The predicted octanol–water partition coefficient (Wildman–Crippen LogP) is 3.23. The maximum absolute atomic E-state index is 5.76. The maximum atomic E-state index is 5.76. The van der Waals surface area contributed by atoms with Gasteiger partial charge in [0, 0.05) is 12.1 Å². The molecule has 0 aliphatic heterocycles. The van der Waals surface area contributed by atoms with Gasteiger partial charge in [0.1, 0.15) is 23.0 Å². The second kappa shape index (κ2) is 6.77. The van der Waals surface area contributed by atoms with Crippen molar-refractivity contribution in [1.82, 2.24) is 10.2 Å². The fourth-order valence-corrected chi connectivity index (χ4v) is 2.26. The molecule has 0 aliphatic carbocycles. The van der Waals surface area contributed by atoms with Gasteiger partial charge >= 0.3 is 0 Å². The van der Waals surface area contributed by atoms with E-state index in [1.165, 1.54) is 5.56 Å². The van der Waals surface area contributed by atoms with Crippen LogP contribution < -0.4 is 5.32 Å². The highest BCUT2D eigenvalue weighted by Crippen LogP contribution is 2.17. The van der Waals surface area contributed by atoms with E-state index in [0.29, 0.717) is 0 Å². The van der Waals surface area contributed by atoms with Gasteiger partial charge in [-0.15, -0.1) is 0 Å². The lowest BCUT2D eigenvalue weighted by Gasteiger charge is -2.14. The number of hydrogen-bond donors (Lipinski definition) is 1. The lowest BCUT2D eigenvalue weighted by molar-refractivity contribution is 0.283. The highest BCUT2D eigenvalue weighted by atomic mass is 16.3. The van der Waals surface area contributed by atoms with Gasteiger partial charge in [-0.2, -0.15) is 0 Å². The van der Waals surface area contributed by atoms with Crippen LogP contribution in [-0.2, 0) is 19.6 Å². The van der Waals surface area contributed by atoms with E-state index in [-0.39, 0.29) is 0 Å². The monoisotopic (exact) mass is 276 g/mol. The van der Waals surface area contributed by atoms with Crippen LogP contribution in [0.1, 0.15) is 35.5 Å². The van der Waals surface area contributed by atoms with Gasteiger partial charge < -0.3 is 14.2 Å². The summed E-state index contributed by atoms with van der Waals surface area (Å²) in [5.41, 5.74) is 1.24. The van der Waals surface area contributed by atoms with E-state index < -0.39 is 0 Å². The summed E-state index contributed by atoms with van der Waals surface area (Å²) < 4.78 is 11.4. The molecule has 0 bridgehead atoms. The molecule has 1 N–H and O–H groups in total. The molecule has 0 spiro atoms. The number of nitrogens with one attached hydrogen (secondary N) is 1. The third kappa shape index (κ3) is 3.99. The Balaban J connectivity index is 1.93. The molecule has 110 valence electrons. The molecule has 0 aliphatic rings. The molecule has 2 aromatic heterocycles. The van der Waals surface area contributed by atoms with Crippen LogP contribution in [0.5, 0.6) is 0 Å². The minimum Gasteiger partial charge on any atom is -0.465 e. The lowest BCUT2D eigenvalue weighted by atomic mass is 10.2. The summed E-state index contributed by atoms with van der Waals surface area (Å²) in [4.78, 5) is 2.23. The zero-order valence-corrected chi connectivity index (χ0v) is 12.8. The Bertz CT molecular complexity index is 542. The molecular formula is C16H24N2O2. The zero-order chi connectivity index (χ0) is 14.5. The van der Waals surface area contributed by atoms with Gasteiger partial charge in [0.05, 0.1) is 13.1 Å². The molecular weight excluding hydrogens is 252 g/mol. The Kier molecular flexibility index (Phi) is 5.04. The van der Waals surface area contributed by atoms with Gasteiger partial charge in [-0.25, -0.2) is 0 Å². The van der Waals surface area contributed by atoms with Crippen molar-refractivity contribution in [2.45, 2.75) is 40.4 Å². The van der Waals surface area contributed by atoms with Gasteiger partial charge in [-0.1, -0.05) is 6.92 Å². The van der Waals surface area contributed by atoms with Crippen LogP contribution in [0.15, 0.2) is 27.0 Å². The van der Waals surface area contributed by atoms with E-state index in [2.05, 4.69) is 30.3 Å². The molecule has 2 aromatic rings. The van der Waals surface area contributed by atoms with Crippen molar-refractivity contribution in [2.24, 2.45) is 0 Å². The van der Waals surface area contributed by atoms with Crippen molar-refractivity contribution in [2.75, 3.05) is 13.6 Å². The summed E-state index contributed by atoms with van der Waals surface area (Å²) in [6.07, 6.45) is 0. The smallest absolute Gasteiger partial charge is 0.118 e. The standard InChI is InChI=1S/C16H24N2O2/c1-5-17-9-16-8-14(13(3)20-16)10-18(4)11-15-7-6-12(2)19-15/h6-8,17H,5,9-11H2,1-4H3. The van der Waals surface area contributed by atoms with Crippen LogP contribution >= 0.6 is 0 Å². The molecule has 0 atom stereocenters. The Morgan fingerprint density at radius 2 is 1.90 bits per heavy atom. The van der Waals surface area contributed by atoms with Gasteiger partial charge in [-0.3, -0.25) is 4.90 Å². The van der Waals surface area contributed by atoms with E-state index in [9.17, 15) is 0 Å². The topological polar surface area (TPSA) is 41.5 Å². The lowest BCUT2D eigenvalue weighted by Crippen LogP contribution is -2.17. The van der Waals surface area contributed by atoms with Crippen LogP contribution in [0, 0.1) is 13.8 Å². The van der Waals surface area contributed by atoms with Crippen LogP contribution in [0.3, 0.4) is 0 Å². The minimum atomic E-state index is 0.790. The molecule has 0 fully saturated rings. The molecule has 0 saturated heterocycles. The second-order valence-corrected chi connectivity index (χ2v) is 5.26. The van der Waals surface area contributed by atoms with Crippen molar-refractivity contribution < 1.29 is 8.83 Å². The van der Waals surface area contributed by atoms with Gasteiger partial charge in [0.15, 0.2) is 0 Å². The molecule has 2 heterocycles. The molecule has 4 nitrogen and oxygen atoms in total. The number of nitrogens with zero attached hydrogens (tertiary/aromatic N) is 1. The Labute approximate surface area is 120 Å². The summed E-state index contributed by atoms with van der Waals surface area (Å²) in [5, 5.41) is 3.28. The van der Waals surface area contributed by atoms with Crippen LogP contribution in [0.25, 0.3) is 0 Å². The highest BCUT2D eigenvalue weighted by Gasteiger charge is 2.11. The largest absolute Gasteiger partial charge is 0.465 e. The normalized spacial score (nSPS) is 11.4. The number of furan rings is 2. The first-order valence-electron chi connectivity index (χ1n) is 7.11. The maximum Gasteiger partial charge on any atom is 0.118 e. The summed E-state index contributed by atoms with van der Waals surface area (Å²) in [6.45, 7) is 9.50. The molecule has 0 radical (unpaired) electrons. The summed E-state index contributed by atoms with van der Waals surface area (Å²) in [6, 6.07) is 6.17. The Hall–Kier alpha value is -1.52. The van der Waals surface area contributed by atoms with Gasteiger partial charge in [0.25, 0.3) is 0 Å². The van der Waals surface area contributed by atoms with E-state index in [0.717, 1.165) is 49.2 Å². The first-order chi connectivity index (χ1) is 9.58. The molecule has 0 aromatic carbocycles. The van der Waals surface area contributed by atoms with E-state index >= 15 is 0 Å². The zero-order valence-electron chi connectivity index (χ0n) is 12.8. The van der Waals surface area contributed by atoms with E-state index in [1.54, 1.807) is 0 Å². The SMILES string of the molecule is CCNCc1cc(CN(C)Cc2ccc(C)o2)c(C)o1. The predicted molar refractivity (Wildman–Crippen MR) is 79.4 cm³/mol. The summed E-state index contributed by atoms with van der Waals surface area (Å²) >= 11 is 0. The third-order valence-corrected chi connectivity index (χ3v) is 3.28. The molecule has 2 rings (SSSR count). The number of hydrogen-bond acceptors (Lipinski definition) is 4. The average molecular weight is 276 g/mol. The molecule has 4 heteroatoms. The number of rotatable bonds is 7. The fourth-order valence-electron chi connectivity index (χ4n) is 2.26. The average Bonchev–Trinajstić information content (AvgIpc) is 2.94. The van der Waals surface area contributed by atoms with Crippen molar-refractivity contribution >= 4 is 0 Å². The third-order valence-electron chi connectivity index (χ3n) is 3.28. The quantitative estimate of drug-likeness (QED) is 0.843. The first kappa shape index (κ1) is 14.9. The second-order valence-electron chi connectivity index (χ2n) is 5.26. The molecule has 0 unspecified atom stereocenters. The van der Waals surface area contributed by atoms with E-state index in [4.69, 9.17) is 8.83 Å².